The number of esters is 1. The molecule has 0 spiro atoms. The molecule has 0 aromatic carbocycles. The molecule has 2 N–H and O–H groups in total. The topological polar surface area (TPSA) is 87.3 Å². The molecule has 18 heavy (non-hydrogen) atoms. The molecule has 1 saturated carbocycles. The van der Waals surface area contributed by atoms with Gasteiger partial charge in [0.25, 0.3) is 0 Å². The van der Waals surface area contributed by atoms with Crippen LogP contribution in [-0.4, -0.2) is 29.7 Å². The third kappa shape index (κ3) is 2.59. The summed E-state index contributed by atoms with van der Waals surface area (Å²) in [6.07, 6.45) is 3.51. The molecule has 0 bridgehead atoms. The van der Waals surface area contributed by atoms with Crippen molar-refractivity contribution < 1.29 is 14.3 Å². The number of aromatic nitrogens is 2. The lowest BCUT2D eigenvalue weighted by Gasteiger charge is -2.15. The monoisotopic (exact) mass is 251 g/mol. The molecule has 1 aromatic rings. The van der Waals surface area contributed by atoms with Gasteiger partial charge in [0.1, 0.15) is 17.5 Å². The van der Waals surface area contributed by atoms with Gasteiger partial charge in [-0.25, -0.2) is 14.8 Å². The van der Waals surface area contributed by atoms with Crippen LogP contribution in [0.2, 0.25) is 0 Å². The lowest BCUT2D eigenvalue weighted by Crippen LogP contribution is -2.15. The molecule has 0 amide bonds. The van der Waals surface area contributed by atoms with E-state index in [1.165, 1.54) is 13.3 Å². The van der Waals surface area contributed by atoms with E-state index in [9.17, 15) is 4.79 Å². The summed E-state index contributed by atoms with van der Waals surface area (Å²) in [6, 6.07) is 0. The fourth-order valence-corrected chi connectivity index (χ4v) is 1.81. The Morgan fingerprint density at radius 1 is 1.61 bits per heavy atom. The Morgan fingerprint density at radius 2 is 2.33 bits per heavy atom. The van der Waals surface area contributed by atoms with Crippen LogP contribution in [-0.2, 0) is 9.47 Å². The minimum absolute atomic E-state index is 0.121. The smallest absolute Gasteiger partial charge is 0.343 e. The number of nitrogen functional groups attached to an aromatic ring is 1. The van der Waals surface area contributed by atoms with Crippen molar-refractivity contribution in [3.8, 4) is 0 Å². The number of rotatable bonds is 5. The molecule has 0 radical (unpaired) electrons. The normalized spacial score (nSPS) is 16.3. The summed E-state index contributed by atoms with van der Waals surface area (Å²) < 4.78 is 10.2. The molecule has 6 nitrogen and oxygen atoms in total. The standard InChI is InChI=1S/C12H17N3O3/c1-3-18-9(7-4-5-7)11-14-6-8(10(13)15-11)12(16)17-2/h6-7,9H,3-5H2,1-2H3,(H2,13,14,15). The highest BCUT2D eigenvalue weighted by molar-refractivity contribution is 5.93. The van der Waals surface area contributed by atoms with E-state index in [4.69, 9.17) is 10.5 Å². The zero-order valence-electron chi connectivity index (χ0n) is 10.5. The van der Waals surface area contributed by atoms with Crippen LogP contribution in [0.25, 0.3) is 0 Å². The van der Waals surface area contributed by atoms with E-state index < -0.39 is 5.97 Å². The van der Waals surface area contributed by atoms with Crippen molar-refractivity contribution in [1.82, 2.24) is 9.97 Å². The maximum absolute atomic E-state index is 11.4. The average molecular weight is 251 g/mol. The van der Waals surface area contributed by atoms with Crippen molar-refractivity contribution in [3.05, 3.63) is 17.6 Å². The molecule has 1 aliphatic rings. The van der Waals surface area contributed by atoms with Crippen LogP contribution in [0.15, 0.2) is 6.20 Å². The van der Waals surface area contributed by atoms with Gasteiger partial charge < -0.3 is 15.2 Å². The van der Waals surface area contributed by atoms with Gasteiger partial charge in [0.15, 0.2) is 5.82 Å². The number of methoxy groups -OCH3 is 1. The Balaban J connectivity index is 2.23. The van der Waals surface area contributed by atoms with Crippen molar-refractivity contribution in [2.45, 2.75) is 25.9 Å². The molecule has 1 aromatic heterocycles. The molecule has 1 aliphatic carbocycles. The first-order chi connectivity index (χ1) is 8.67. The van der Waals surface area contributed by atoms with Crippen molar-refractivity contribution in [1.29, 1.82) is 0 Å². The van der Waals surface area contributed by atoms with Gasteiger partial charge in [0.2, 0.25) is 0 Å². The van der Waals surface area contributed by atoms with Crippen LogP contribution in [0.4, 0.5) is 5.82 Å². The lowest BCUT2D eigenvalue weighted by molar-refractivity contribution is 0.0399. The summed E-state index contributed by atoms with van der Waals surface area (Å²) >= 11 is 0. The van der Waals surface area contributed by atoms with Gasteiger partial charge in [-0.3, -0.25) is 0 Å². The summed E-state index contributed by atoms with van der Waals surface area (Å²) in [7, 11) is 1.29. The zero-order chi connectivity index (χ0) is 13.1. The van der Waals surface area contributed by atoms with Gasteiger partial charge >= 0.3 is 5.97 Å². The summed E-state index contributed by atoms with van der Waals surface area (Å²) in [5.74, 6) is 0.619. The molecular formula is C12H17N3O3. The molecule has 98 valence electrons. The highest BCUT2D eigenvalue weighted by Crippen LogP contribution is 2.42. The maximum Gasteiger partial charge on any atom is 0.343 e. The number of nitrogens with zero attached hydrogens (tertiary/aromatic N) is 2. The molecule has 1 fully saturated rings. The first kappa shape index (κ1) is 12.8. The van der Waals surface area contributed by atoms with E-state index in [1.54, 1.807) is 0 Å². The number of nitrogens with two attached hydrogens (primary N) is 1. The Bertz CT molecular complexity index is 446. The van der Waals surface area contributed by atoms with E-state index in [2.05, 4.69) is 14.7 Å². The number of anilines is 1. The Hall–Kier alpha value is -1.69. The Kier molecular flexibility index (Phi) is 3.76. The van der Waals surface area contributed by atoms with E-state index in [1.807, 2.05) is 6.92 Å². The zero-order valence-corrected chi connectivity index (χ0v) is 10.5. The minimum Gasteiger partial charge on any atom is -0.465 e. The molecule has 6 heteroatoms. The summed E-state index contributed by atoms with van der Waals surface area (Å²) in [4.78, 5) is 19.7. The number of hydrogen-bond acceptors (Lipinski definition) is 6. The molecule has 2 rings (SSSR count). The van der Waals surface area contributed by atoms with Crippen LogP contribution in [0.3, 0.4) is 0 Å². The molecule has 1 unspecified atom stereocenters. The molecule has 0 saturated heterocycles. The number of ether oxygens (including phenoxy) is 2. The van der Waals surface area contributed by atoms with Gasteiger partial charge in [-0.2, -0.15) is 0 Å². The Labute approximate surface area is 106 Å². The lowest BCUT2D eigenvalue weighted by atomic mass is 10.2. The SMILES string of the molecule is CCOC(c1ncc(C(=O)OC)c(N)n1)C1CC1. The average Bonchev–Trinajstić information content (AvgIpc) is 3.19. The predicted octanol–water partition coefficient (Wildman–Crippen LogP) is 1.33. The molecule has 1 heterocycles. The number of carbonyl (C=O) groups is 1. The molecular weight excluding hydrogens is 234 g/mol. The summed E-state index contributed by atoms with van der Waals surface area (Å²) in [6.45, 7) is 2.53. The van der Waals surface area contributed by atoms with E-state index in [-0.39, 0.29) is 17.5 Å². The van der Waals surface area contributed by atoms with Crippen LogP contribution >= 0.6 is 0 Å². The van der Waals surface area contributed by atoms with Gasteiger partial charge in [-0.1, -0.05) is 0 Å². The fraction of sp³-hybridized carbons (Fsp3) is 0.583. The summed E-state index contributed by atoms with van der Waals surface area (Å²) in [5.41, 5.74) is 5.93. The highest BCUT2D eigenvalue weighted by Gasteiger charge is 2.35. The van der Waals surface area contributed by atoms with Crippen molar-refractivity contribution in [3.63, 3.8) is 0 Å². The summed E-state index contributed by atoms with van der Waals surface area (Å²) in [5, 5.41) is 0. The van der Waals surface area contributed by atoms with Gasteiger partial charge in [0.05, 0.1) is 7.11 Å². The van der Waals surface area contributed by atoms with Gasteiger partial charge in [-0.15, -0.1) is 0 Å². The minimum atomic E-state index is -0.529. The Morgan fingerprint density at radius 3 is 2.83 bits per heavy atom. The van der Waals surface area contributed by atoms with Crippen molar-refractivity contribution in [2.24, 2.45) is 5.92 Å². The number of hydrogen-bond donors (Lipinski definition) is 1. The third-order valence-electron chi connectivity index (χ3n) is 2.89. The number of carbonyl (C=O) groups excluding carboxylic acids is 1. The van der Waals surface area contributed by atoms with E-state index >= 15 is 0 Å². The first-order valence-corrected chi connectivity index (χ1v) is 5.99. The highest BCUT2D eigenvalue weighted by atomic mass is 16.5. The van der Waals surface area contributed by atoms with Gasteiger partial charge in [0, 0.05) is 12.8 Å². The van der Waals surface area contributed by atoms with E-state index in [0.29, 0.717) is 18.3 Å². The van der Waals surface area contributed by atoms with E-state index in [0.717, 1.165) is 12.8 Å². The second-order valence-corrected chi connectivity index (χ2v) is 4.23. The molecule has 1 atom stereocenters. The first-order valence-electron chi connectivity index (χ1n) is 5.99. The quantitative estimate of drug-likeness (QED) is 0.794. The maximum atomic E-state index is 11.4. The fourth-order valence-electron chi connectivity index (χ4n) is 1.81. The largest absolute Gasteiger partial charge is 0.465 e. The third-order valence-corrected chi connectivity index (χ3v) is 2.89. The van der Waals surface area contributed by atoms with Crippen molar-refractivity contribution >= 4 is 11.8 Å². The van der Waals surface area contributed by atoms with Crippen LogP contribution < -0.4 is 5.73 Å². The molecule has 0 aliphatic heterocycles. The predicted molar refractivity (Wildman–Crippen MR) is 64.9 cm³/mol. The van der Waals surface area contributed by atoms with Crippen LogP contribution in [0.5, 0.6) is 0 Å². The van der Waals surface area contributed by atoms with Gasteiger partial charge in [-0.05, 0) is 25.7 Å². The second-order valence-electron chi connectivity index (χ2n) is 4.23. The van der Waals surface area contributed by atoms with Crippen LogP contribution in [0.1, 0.15) is 42.1 Å². The second kappa shape index (κ2) is 5.30. The van der Waals surface area contributed by atoms with Crippen molar-refractivity contribution in [2.75, 3.05) is 19.5 Å². The van der Waals surface area contributed by atoms with Crippen LogP contribution in [0, 0.1) is 5.92 Å².